The van der Waals surface area contributed by atoms with Gasteiger partial charge in [-0.1, -0.05) is 36.7 Å². The van der Waals surface area contributed by atoms with Crippen LogP contribution in [0.25, 0.3) is 0 Å². The third-order valence-electron chi connectivity index (χ3n) is 6.66. The summed E-state index contributed by atoms with van der Waals surface area (Å²) in [7, 11) is -2.62. The molecule has 0 radical (unpaired) electrons. The van der Waals surface area contributed by atoms with Crippen molar-refractivity contribution in [3.05, 3.63) is 88.4 Å². The smallest absolute Gasteiger partial charge is 0.264 e. The van der Waals surface area contributed by atoms with Crippen LogP contribution >= 0.6 is 11.6 Å². The first-order valence-corrected chi connectivity index (χ1v) is 14.9. The predicted octanol–water partition coefficient (Wildman–Crippen LogP) is 5.10. The second-order valence-corrected chi connectivity index (χ2v) is 11.9. The van der Waals surface area contributed by atoms with Gasteiger partial charge < -0.3 is 15.0 Å². The maximum Gasteiger partial charge on any atom is 0.264 e. The monoisotopic (exact) mass is 585 g/mol. The molecule has 2 amide bonds. The molecule has 1 atom stereocenters. The molecular weight excluding hydrogens is 550 g/mol. The summed E-state index contributed by atoms with van der Waals surface area (Å²) >= 11 is 6.01. The van der Waals surface area contributed by atoms with Crippen molar-refractivity contribution < 1.29 is 22.7 Å². The van der Waals surface area contributed by atoms with Crippen molar-refractivity contribution in [1.29, 1.82) is 0 Å². The van der Waals surface area contributed by atoms with E-state index in [0.717, 1.165) is 27.4 Å². The molecule has 0 saturated heterocycles. The van der Waals surface area contributed by atoms with Crippen molar-refractivity contribution in [2.24, 2.45) is 0 Å². The molecule has 3 rings (SSSR count). The molecule has 0 aliphatic heterocycles. The number of ether oxygens (including phenoxy) is 1. The van der Waals surface area contributed by atoms with Crippen LogP contribution in [0.3, 0.4) is 0 Å². The van der Waals surface area contributed by atoms with E-state index in [1.165, 1.54) is 29.2 Å². The summed E-state index contributed by atoms with van der Waals surface area (Å²) in [6, 6.07) is 17.3. The van der Waals surface area contributed by atoms with Gasteiger partial charge in [-0.05, 0) is 92.4 Å². The normalized spacial score (nSPS) is 11.9. The molecule has 0 aliphatic carbocycles. The molecule has 3 aromatic rings. The van der Waals surface area contributed by atoms with E-state index in [4.69, 9.17) is 16.3 Å². The first kappa shape index (κ1) is 31.0. The molecule has 0 saturated carbocycles. The fraction of sp³-hybridized carbons (Fsp3) is 0.333. The highest BCUT2D eigenvalue weighted by Crippen LogP contribution is 2.27. The Bertz CT molecular complexity index is 1440. The zero-order valence-corrected chi connectivity index (χ0v) is 25.1. The largest absolute Gasteiger partial charge is 0.497 e. The minimum absolute atomic E-state index is 0.00369. The predicted molar refractivity (Wildman–Crippen MR) is 158 cm³/mol. The van der Waals surface area contributed by atoms with Crippen LogP contribution in [0.15, 0.2) is 71.6 Å². The van der Waals surface area contributed by atoms with Crippen LogP contribution in [-0.2, 0) is 26.2 Å². The first-order valence-electron chi connectivity index (χ1n) is 13.0. The van der Waals surface area contributed by atoms with E-state index in [2.05, 4.69) is 5.32 Å². The Kier molecular flexibility index (Phi) is 10.6. The van der Waals surface area contributed by atoms with Crippen LogP contribution in [0.4, 0.5) is 5.69 Å². The van der Waals surface area contributed by atoms with Gasteiger partial charge in [-0.2, -0.15) is 0 Å². The van der Waals surface area contributed by atoms with Crippen molar-refractivity contribution >= 4 is 39.1 Å². The summed E-state index contributed by atoms with van der Waals surface area (Å²) < 4.78 is 34.2. The standard InChI is InChI=1S/C30H36ClN3O5S/c1-6-16-32-30(36)23(4)33(19-24-8-7-9-27(18-24)39-5)29(35)20-34(26-13-10-21(2)22(3)17-26)40(37,38)28-14-11-25(31)12-15-28/h7-15,17-18,23H,6,16,19-20H2,1-5H3,(H,32,36). The quantitative estimate of drug-likeness (QED) is 0.319. The lowest BCUT2D eigenvalue weighted by molar-refractivity contribution is -0.139. The number of amides is 2. The van der Waals surface area contributed by atoms with Gasteiger partial charge in [0, 0.05) is 18.1 Å². The van der Waals surface area contributed by atoms with Crippen LogP contribution in [-0.4, -0.2) is 51.4 Å². The Morgan fingerprint density at radius 3 is 2.33 bits per heavy atom. The van der Waals surface area contributed by atoms with E-state index >= 15 is 0 Å². The van der Waals surface area contributed by atoms with Gasteiger partial charge in [-0.25, -0.2) is 8.42 Å². The fourth-order valence-corrected chi connectivity index (χ4v) is 5.62. The molecule has 0 heterocycles. The summed E-state index contributed by atoms with van der Waals surface area (Å²) in [6.45, 7) is 7.41. The fourth-order valence-electron chi connectivity index (χ4n) is 4.09. The molecule has 10 heteroatoms. The summed E-state index contributed by atoms with van der Waals surface area (Å²) in [5.74, 6) is -0.246. The molecule has 214 valence electrons. The van der Waals surface area contributed by atoms with Crippen LogP contribution in [0, 0.1) is 13.8 Å². The van der Waals surface area contributed by atoms with Gasteiger partial charge in [-0.3, -0.25) is 13.9 Å². The first-order chi connectivity index (χ1) is 19.0. The van der Waals surface area contributed by atoms with Crippen LogP contribution in [0.2, 0.25) is 5.02 Å². The number of sulfonamides is 1. The Hall–Kier alpha value is -3.56. The number of methoxy groups -OCH3 is 1. The van der Waals surface area contributed by atoms with Gasteiger partial charge in [0.15, 0.2) is 0 Å². The maximum atomic E-state index is 14.0. The number of hydrogen-bond donors (Lipinski definition) is 1. The summed E-state index contributed by atoms with van der Waals surface area (Å²) in [4.78, 5) is 28.3. The van der Waals surface area contributed by atoms with E-state index in [1.54, 1.807) is 44.4 Å². The number of rotatable bonds is 12. The van der Waals surface area contributed by atoms with Gasteiger partial charge >= 0.3 is 0 Å². The molecule has 0 fully saturated rings. The van der Waals surface area contributed by atoms with E-state index in [-0.39, 0.29) is 17.3 Å². The highest BCUT2D eigenvalue weighted by Gasteiger charge is 2.32. The summed E-state index contributed by atoms with van der Waals surface area (Å²) in [6.07, 6.45) is 0.738. The molecule has 0 aromatic heterocycles. The van der Waals surface area contributed by atoms with Gasteiger partial charge in [0.1, 0.15) is 18.3 Å². The van der Waals surface area contributed by atoms with E-state index in [0.29, 0.717) is 23.0 Å². The number of carbonyl (C=O) groups is 2. The van der Waals surface area contributed by atoms with Gasteiger partial charge in [0.05, 0.1) is 17.7 Å². The highest BCUT2D eigenvalue weighted by atomic mass is 35.5. The lowest BCUT2D eigenvalue weighted by atomic mass is 10.1. The summed E-state index contributed by atoms with van der Waals surface area (Å²) in [5.41, 5.74) is 2.94. The molecule has 1 unspecified atom stereocenters. The Morgan fingerprint density at radius 2 is 1.70 bits per heavy atom. The minimum Gasteiger partial charge on any atom is -0.497 e. The number of anilines is 1. The number of carbonyl (C=O) groups excluding carboxylic acids is 2. The average molecular weight is 586 g/mol. The molecule has 0 aliphatic rings. The molecule has 0 bridgehead atoms. The Labute approximate surface area is 241 Å². The van der Waals surface area contributed by atoms with Gasteiger partial charge in [0.25, 0.3) is 10.0 Å². The molecule has 8 nitrogen and oxygen atoms in total. The van der Waals surface area contributed by atoms with Crippen molar-refractivity contribution in [3.63, 3.8) is 0 Å². The van der Waals surface area contributed by atoms with Crippen molar-refractivity contribution in [3.8, 4) is 5.75 Å². The summed E-state index contributed by atoms with van der Waals surface area (Å²) in [5, 5.41) is 3.23. The van der Waals surface area contributed by atoms with E-state index in [1.807, 2.05) is 32.9 Å². The zero-order chi connectivity index (χ0) is 29.4. The van der Waals surface area contributed by atoms with Crippen molar-refractivity contribution in [2.75, 3.05) is 24.5 Å². The van der Waals surface area contributed by atoms with Gasteiger partial charge in [0.2, 0.25) is 11.8 Å². The number of hydrogen-bond acceptors (Lipinski definition) is 5. The molecule has 3 aromatic carbocycles. The second kappa shape index (κ2) is 13.7. The molecular formula is C30H36ClN3O5S. The lowest BCUT2D eigenvalue weighted by Gasteiger charge is -2.32. The van der Waals surface area contributed by atoms with Crippen molar-refractivity contribution in [2.45, 2.75) is 51.6 Å². The van der Waals surface area contributed by atoms with E-state index in [9.17, 15) is 18.0 Å². The van der Waals surface area contributed by atoms with Crippen molar-refractivity contribution in [1.82, 2.24) is 10.2 Å². The van der Waals surface area contributed by atoms with Crippen LogP contribution < -0.4 is 14.4 Å². The SMILES string of the molecule is CCCNC(=O)C(C)N(Cc1cccc(OC)c1)C(=O)CN(c1ccc(C)c(C)c1)S(=O)(=O)c1ccc(Cl)cc1. The molecule has 0 spiro atoms. The average Bonchev–Trinajstić information content (AvgIpc) is 2.94. The number of halogens is 1. The number of nitrogens with zero attached hydrogens (tertiary/aromatic N) is 2. The minimum atomic E-state index is -4.17. The zero-order valence-electron chi connectivity index (χ0n) is 23.5. The lowest BCUT2D eigenvalue weighted by Crippen LogP contribution is -2.51. The Balaban J connectivity index is 2.05. The van der Waals surface area contributed by atoms with Gasteiger partial charge in [-0.15, -0.1) is 0 Å². The van der Waals surface area contributed by atoms with E-state index < -0.39 is 28.5 Å². The number of aryl methyl sites for hydroxylation is 2. The topological polar surface area (TPSA) is 96.0 Å². The molecule has 1 N–H and O–H groups in total. The van der Waals surface area contributed by atoms with Crippen LogP contribution in [0.1, 0.15) is 37.0 Å². The maximum absolute atomic E-state index is 14.0. The number of benzene rings is 3. The highest BCUT2D eigenvalue weighted by molar-refractivity contribution is 7.92. The Morgan fingerprint density at radius 1 is 1.00 bits per heavy atom. The second-order valence-electron chi connectivity index (χ2n) is 9.57. The number of nitrogens with one attached hydrogen (secondary N) is 1. The molecule has 40 heavy (non-hydrogen) atoms. The third-order valence-corrected chi connectivity index (χ3v) is 8.70. The third kappa shape index (κ3) is 7.55. The van der Waals surface area contributed by atoms with Crippen LogP contribution in [0.5, 0.6) is 5.75 Å².